The largest absolute Gasteiger partial charge is 0.259 e. The van der Waals surface area contributed by atoms with Crippen LogP contribution in [-0.4, -0.2) is 9.91 Å². The standard InChI is InChI=1S/C6H6N2O2S/c1-5-4-11-6(7-5)2-3-8(9)10/h2-4H,1H3/b3-2+. The molecule has 0 aliphatic rings. The van der Waals surface area contributed by atoms with E-state index in [1.54, 1.807) is 0 Å². The second-order valence-electron chi connectivity index (χ2n) is 1.93. The highest BCUT2D eigenvalue weighted by Gasteiger charge is 1.94. The van der Waals surface area contributed by atoms with Gasteiger partial charge in [-0.1, -0.05) is 0 Å². The van der Waals surface area contributed by atoms with E-state index in [0.717, 1.165) is 11.9 Å². The van der Waals surface area contributed by atoms with Crippen LogP contribution in [0.2, 0.25) is 0 Å². The van der Waals surface area contributed by atoms with E-state index in [2.05, 4.69) is 4.98 Å². The van der Waals surface area contributed by atoms with Crippen molar-refractivity contribution in [1.29, 1.82) is 0 Å². The predicted molar refractivity (Wildman–Crippen MR) is 42.9 cm³/mol. The van der Waals surface area contributed by atoms with Crippen LogP contribution in [0.4, 0.5) is 0 Å². The Morgan fingerprint density at radius 2 is 2.55 bits per heavy atom. The van der Waals surface area contributed by atoms with E-state index < -0.39 is 4.92 Å². The van der Waals surface area contributed by atoms with E-state index in [1.807, 2.05) is 12.3 Å². The molecule has 5 heteroatoms. The van der Waals surface area contributed by atoms with Gasteiger partial charge < -0.3 is 0 Å². The summed E-state index contributed by atoms with van der Waals surface area (Å²) in [5.74, 6) is 0. The summed E-state index contributed by atoms with van der Waals surface area (Å²) in [6.07, 6.45) is 2.27. The lowest BCUT2D eigenvalue weighted by Crippen LogP contribution is -1.81. The minimum absolute atomic E-state index is 0.503. The highest BCUT2D eigenvalue weighted by molar-refractivity contribution is 7.10. The summed E-state index contributed by atoms with van der Waals surface area (Å²) in [7, 11) is 0. The molecule has 0 spiro atoms. The Balaban J connectivity index is 2.71. The first-order valence-electron chi connectivity index (χ1n) is 2.92. The highest BCUT2D eigenvalue weighted by Crippen LogP contribution is 2.09. The van der Waals surface area contributed by atoms with Crippen molar-refractivity contribution in [1.82, 2.24) is 4.98 Å². The van der Waals surface area contributed by atoms with Crippen molar-refractivity contribution in [2.75, 3.05) is 0 Å². The molecule has 1 heterocycles. The third kappa shape index (κ3) is 2.46. The number of rotatable bonds is 2. The van der Waals surface area contributed by atoms with Gasteiger partial charge in [-0.25, -0.2) is 4.98 Å². The molecule has 0 amide bonds. The first-order chi connectivity index (χ1) is 5.18. The topological polar surface area (TPSA) is 56.0 Å². The van der Waals surface area contributed by atoms with Crippen LogP contribution in [0.25, 0.3) is 6.08 Å². The van der Waals surface area contributed by atoms with Gasteiger partial charge in [0, 0.05) is 17.2 Å². The van der Waals surface area contributed by atoms with Crippen LogP contribution in [-0.2, 0) is 0 Å². The van der Waals surface area contributed by atoms with Gasteiger partial charge in [-0.15, -0.1) is 11.3 Å². The minimum Gasteiger partial charge on any atom is -0.259 e. The molecule has 0 radical (unpaired) electrons. The van der Waals surface area contributed by atoms with Gasteiger partial charge in [0.15, 0.2) is 0 Å². The molecule has 0 saturated carbocycles. The van der Waals surface area contributed by atoms with Gasteiger partial charge in [0.2, 0.25) is 6.20 Å². The molecule has 0 atom stereocenters. The summed E-state index contributed by atoms with van der Waals surface area (Å²) in [5.41, 5.74) is 0.887. The molecule has 0 saturated heterocycles. The molecule has 0 unspecified atom stereocenters. The molecule has 1 rings (SSSR count). The Morgan fingerprint density at radius 1 is 1.82 bits per heavy atom. The lowest BCUT2D eigenvalue weighted by molar-refractivity contribution is -0.400. The Bertz CT molecular complexity index is 293. The molecule has 1 aromatic rings. The number of hydrogen-bond acceptors (Lipinski definition) is 4. The number of nitrogens with zero attached hydrogens (tertiary/aromatic N) is 2. The van der Waals surface area contributed by atoms with Gasteiger partial charge in [0.05, 0.1) is 4.92 Å². The fourth-order valence-electron chi connectivity index (χ4n) is 0.573. The van der Waals surface area contributed by atoms with Crippen LogP contribution in [0.15, 0.2) is 11.6 Å². The Kier molecular flexibility index (Phi) is 2.32. The molecule has 0 aromatic carbocycles. The van der Waals surface area contributed by atoms with E-state index in [9.17, 15) is 10.1 Å². The van der Waals surface area contributed by atoms with Crippen molar-refractivity contribution >= 4 is 17.4 Å². The van der Waals surface area contributed by atoms with E-state index in [0.29, 0.717) is 5.01 Å². The molecule has 0 fully saturated rings. The number of nitro groups is 1. The van der Waals surface area contributed by atoms with Gasteiger partial charge >= 0.3 is 0 Å². The third-order valence-electron chi connectivity index (χ3n) is 0.976. The molecule has 1 aromatic heterocycles. The highest BCUT2D eigenvalue weighted by atomic mass is 32.1. The van der Waals surface area contributed by atoms with Gasteiger partial charge in [-0.2, -0.15) is 0 Å². The van der Waals surface area contributed by atoms with E-state index in [4.69, 9.17) is 0 Å². The molecular formula is C6H6N2O2S. The lowest BCUT2D eigenvalue weighted by Gasteiger charge is -1.77. The normalized spacial score (nSPS) is 10.6. The van der Waals surface area contributed by atoms with Gasteiger partial charge in [-0.3, -0.25) is 10.1 Å². The molecular weight excluding hydrogens is 164 g/mol. The van der Waals surface area contributed by atoms with Crippen LogP contribution in [0.5, 0.6) is 0 Å². The minimum atomic E-state index is -0.503. The van der Waals surface area contributed by atoms with Gasteiger partial charge in [0.25, 0.3) is 0 Å². The van der Waals surface area contributed by atoms with Gasteiger partial charge in [0.1, 0.15) is 5.01 Å². The van der Waals surface area contributed by atoms with Crippen molar-refractivity contribution in [3.05, 3.63) is 32.4 Å². The third-order valence-corrected chi connectivity index (χ3v) is 1.90. The summed E-state index contributed by atoms with van der Waals surface area (Å²) in [5, 5.41) is 12.4. The molecule has 0 aliphatic heterocycles. The summed E-state index contributed by atoms with van der Waals surface area (Å²) < 4.78 is 0. The zero-order chi connectivity index (χ0) is 8.27. The summed E-state index contributed by atoms with van der Waals surface area (Å²) in [4.78, 5) is 13.4. The second kappa shape index (κ2) is 3.25. The number of aryl methyl sites for hydroxylation is 1. The van der Waals surface area contributed by atoms with Gasteiger partial charge in [-0.05, 0) is 6.92 Å². The van der Waals surface area contributed by atoms with E-state index >= 15 is 0 Å². The molecule has 0 aliphatic carbocycles. The molecule has 11 heavy (non-hydrogen) atoms. The average molecular weight is 170 g/mol. The summed E-state index contributed by atoms with van der Waals surface area (Å²) >= 11 is 1.39. The van der Waals surface area contributed by atoms with Crippen LogP contribution < -0.4 is 0 Å². The van der Waals surface area contributed by atoms with Crippen molar-refractivity contribution in [2.45, 2.75) is 6.92 Å². The first kappa shape index (κ1) is 7.87. The van der Waals surface area contributed by atoms with Crippen molar-refractivity contribution in [3.63, 3.8) is 0 Å². The molecule has 4 nitrogen and oxygen atoms in total. The molecule has 58 valence electrons. The quantitative estimate of drug-likeness (QED) is 0.501. The maximum atomic E-state index is 9.88. The molecule has 0 N–H and O–H groups in total. The van der Waals surface area contributed by atoms with E-state index in [-0.39, 0.29) is 0 Å². The fourth-order valence-corrected chi connectivity index (χ4v) is 1.25. The zero-order valence-corrected chi connectivity index (χ0v) is 6.67. The Hall–Kier alpha value is -1.23. The van der Waals surface area contributed by atoms with Crippen LogP contribution in [0.3, 0.4) is 0 Å². The Labute approximate surface area is 67.3 Å². The Morgan fingerprint density at radius 3 is 3.00 bits per heavy atom. The smallest absolute Gasteiger partial charge is 0.237 e. The predicted octanol–water partition coefficient (Wildman–Crippen LogP) is 1.70. The molecule has 0 bridgehead atoms. The fraction of sp³-hybridized carbons (Fsp3) is 0.167. The average Bonchev–Trinajstić information content (AvgIpc) is 2.31. The van der Waals surface area contributed by atoms with Crippen LogP contribution in [0.1, 0.15) is 10.7 Å². The lowest BCUT2D eigenvalue weighted by atomic mass is 10.6. The van der Waals surface area contributed by atoms with Crippen molar-refractivity contribution in [3.8, 4) is 0 Å². The zero-order valence-electron chi connectivity index (χ0n) is 5.85. The summed E-state index contributed by atoms with van der Waals surface area (Å²) in [6, 6.07) is 0. The number of aromatic nitrogens is 1. The SMILES string of the molecule is Cc1csc(/C=C/[N+](=O)[O-])n1. The van der Waals surface area contributed by atoms with Crippen molar-refractivity contribution < 1.29 is 4.92 Å². The number of hydrogen-bond donors (Lipinski definition) is 0. The first-order valence-corrected chi connectivity index (χ1v) is 3.80. The van der Waals surface area contributed by atoms with Crippen LogP contribution >= 0.6 is 11.3 Å². The maximum Gasteiger partial charge on any atom is 0.237 e. The number of thiazole rings is 1. The maximum absolute atomic E-state index is 9.88. The monoisotopic (exact) mass is 170 g/mol. The summed E-state index contributed by atoms with van der Waals surface area (Å²) in [6.45, 7) is 1.85. The second-order valence-corrected chi connectivity index (χ2v) is 2.82. The van der Waals surface area contributed by atoms with Crippen molar-refractivity contribution in [2.24, 2.45) is 0 Å². The van der Waals surface area contributed by atoms with E-state index in [1.165, 1.54) is 17.4 Å². The van der Waals surface area contributed by atoms with Crippen LogP contribution in [0, 0.1) is 17.0 Å².